The maximum atomic E-state index is 11.0. The highest BCUT2D eigenvalue weighted by Crippen LogP contribution is 2.41. The van der Waals surface area contributed by atoms with E-state index in [2.05, 4.69) is 124 Å². The number of nitriles is 2. The van der Waals surface area contributed by atoms with Gasteiger partial charge in [-0.05, 0) is 65.2 Å². The Morgan fingerprint density at radius 2 is 1.20 bits per heavy atom. The van der Waals surface area contributed by atoms with Crippen molar-refractivity contribution in [3.8, 4) is 23.3 Å². The molecule has 2 heterocycles. The molecule has 8 rings (SSSR count). The monoisotopic (exact) mass is 588 g/mol. The first-order valence-electron chi connectivity index (χ1n) is 15.4. The van der Waals surface area contributed by atoms with Gasteiger partial charge in [-0.3, -0.25) is 0 Å². The lowest BCUT2D eigenvalue weighted by Gasteiger charge is -2.17. The summed E-state index contributed by atoms with van der Waals surface area (Å²) in [5, 5.41) is 27.5. The number of fused-ring (bicyclic) bond motifs is 8. The maximum absolute atomic E-state index is 11.0. The van der Waals surface area contributed by atoms with E-state index in [9.17, 15) is 10.5 Å². The third-order valence-electron chi connectivity index (χ3n) is 9.03. The number of benzene rings is 6. The smallest absolute Gasteiger partial charge is 0.103 e. The van der Waals surface area contributed by atoms with Gasteiger partial charge in [0.1, 0.15) is 6.07 Å². The topological polar surface area (TPSA) is 57.4 Å². The van der Waals surface area contributed by atoms with Crippen LogP contribution in [0.15, 0.2) is 145 Å². The van der Waals surface area contributed by atoms with Crippen molar-refractivity contribution in [2.45, 2.75) is 13.3 Å². The van der Waals surface area contributed by atoms with E-state index >= 15 is 0 Å². The van der Waals surface area contributed by atoms with Crippen LogP contribution in [0.4, 0.5) is 0 Å². The summed E-state index contributed by atoms with van der Waals surface area (Å²) in [6.45, 7) is 2.01. The van der Waals surface area contributed by atoms with E-state index in [0.29, 0.717) is 11.3 Å². The van der Waals surface area contributed by atoms with Crippen molar-refractivity contribution < 1.29 is 0 Å². The summed E-state index contributed by atoms with van der Waals surface area (Å²) in [6, 6.07) is 51.2. The highest BCUT2D eigenvalue weighted by molar-refractivity contribution is 6.23. The lowest BCUT2D eigenvalue weighted by atomic mass is 10.0. The fraction of sp³-hybridized carbons (Fsp3) is 0.0476. The van der Waals surface area contributed by atoms with E-state index in [1.165, 1.54) is 0 Å². The minimum absolute atomic E-state index is 0.164. The molecule has 8 aromatic rings. The molecule has 46 heavy (non-hydrogen) atoms. The minimum Gasteiger partial charge on any atom is -0.312 e. The lowest BCUT2D eigenvalue weighted by Crippen LogP contribution is -2.05. The number of allylic oxidation sites excluding steroid dienone is 4. The summed E-state index contributed by atoms with van der Waals surface area (Å²) in [5.41, 5.74) is 8.34. The summed E-state index contributed by atoms with van der Waals surface area (Å²) < 4.78 is 4.36. The molecule has 0 fully saturated rings. The average molecular weight is 589 g/mol. The van der Waals surface area contributed by atoms with Gasteiger partial charge in [0.25, 0.3) is 0 Å². The fourth-order valence-corrected chi connectivity index (χ4v) is 7.03. The first-order valence-corrected chi connectivity index (χ1v) is 15.4. The predicted octanol–water partition coefficient (Wildman–Crippen LogP) is 10.9. The third-order valence-corrected chi connectivity index (χ3v) is 9.03. The van der Waals surface area contributed by atoms with Crippen LogP contribution in [-0.2, 0) is 0 Å². The summed E-state index contributed by atoms with van der Waals surface area (Å²) in [7, 11) is 0. The average Bonchev–Trinajstić information content (AvgIpc) is 3.63. The van der Waals surface area contributed by atoms with E-state index in [1.807, 2.05) is 43.3 Å². The molecule has 216 valence electrons. The van der Waals surface area contributed by atoms with Gasteiger partial charge in [-0.25, -0.2) is 0 Å². The summed E-state index contributed by atoms with van der Waals surface area (Å²) in [4.78, 5) is 0. The third kappa shape index (κ3) is 4.13. The molecule has 4 heteroatoms. The van der Waals surface area contributed by atoms with E-state index in [1.54, 1.807) is 0 Å². The van der Waals surface area contributed by atoms with Crippen LogP contribution >= 0.6 is 0 Å². The maximum Gasteiger partial charge on any atom is 0.103 e. The van der Waals surface area contributed by atoms with Gasteiger partial charge in [-0.1, -0.05) is 103 Å². The van der Waals surface area contributed by atoms with Crippen LogP contribution in [0.2, 0.25) is 0 Å². The number of hydrogen-bond acceptors (Lipinski definition) is 2. The molecule has 0 aliphatic rings. The van der Waals surface area contributed by atoms with Crippen molar-refractivity contribution in [1.82, 2.24) is 9.13 Å². The quantitative estimate of drug-likeness (QED) is 0.148. The second-order valence-corrected chi connectivity index (χ2v) is 11.5. The van der Waals surface area contributed by atoms with Crippen molar-refractivity contribution >= 4 is 65.8 Å². The van der Waals surface area contributed by atoms with Gasteiger partial charge >= 0.3 is 0 Å². The van der Waals surface area contributed by atoms with Crippen LogP contribution in [0, 0.1) is 22.7 Å². The highest BCUT2D eigenvalue weighted by atomic mass is 15.0. The van der Waals surface area contributed by atoms with E-state index in [4.69, 9.17) is 0 Å². The minimum atomic E-state index is 0.164. The van der Waals surface area contributed by atoms with Crippen LogP contribution in [0.25, 0.3) is 76.9 Å². The summed E-state index contributed by atoms with van der Waals surface area (Å²) >= 11 is 0. The molecule has 0 N–H and O–H groups in total. The molecular formula is C42H28N4. The summed E-state index contributed by atoms with van der Waals surface area (Å²) in [6.07, 6.45) is 2.06. The van der Waals surface area contributed by atoms with Gasteiger partial charge in [0.15, 0.2) is 0 Å². The Morgan fingerprint density at radius 3 is 1.89 bits per heavy atom. The molecule has 0 unspecified atom stereocenters. The second kappa shape index (κ2) is 11.0. The van der Waals surface area contributed by atoms with Crippen molar-refractivity contribution in [3.05, 3.63) is 145 Å². The van der Waals surface area contributed by atoms with Gasteiger partial charge in [0.2, 0.25) is 0 Å². The molecule has 4 nitrogen and oxygen atoms in total. The van der Waals surface area contributed by atoms with E-state index in [0.717, 1.165) is 71.2 Å². The SMILES string of the molecule is C/C(=C(C#N)\C(=C/CC#N)n1c2ccc(-c3ccccc3)cc2c2c3ccccc3ccc21)n1c2ccccc2c2ccccc21. The Kier molecular flexibility index (Phi) is 6.49. The largest absolute Gasteiger partial charge is 0.312 e. The Labute approximate surface area is 266 Å². The van der Waals surface area contributed by atoms with E-state index < -0.39 is 0 Å². The molecule has 0 atom stereocenters. The van der Waals surface area contributed by atoms with Crippen LogP contribution in [0.3, 0.4) is 0 Å². The van der Waals surface area contributed by atoms with Crippen molar-refractivity contribution in [2.24, 2.45) is 0 Å². The Morgan fingerprint density at radius 1 is 0.587 bits per heavy atom. The molecule has 2 aromatic heterocycles. The van der Waals surface area contributed by atoms with Crippen LogP contribution in [-0.4, -0.2) is 9.13 Å². The second-order valence-electron chi connectivity index (χ2n) is 11.5. The Balaban J connectivity index is 1.48. The highest BCUT2D eigenvalue weighted by Gasteiger charge is 2.22. The van der Waals surface area contributed by atoms with E-state index in [-0.39, 0.29) is 6.42 Å². The molecule has 0 aliphatic heterocycles. The zero-order valence-electron chi connectivity index (χ0n) is 25.3. The number of para-hydroxylation sites is 2. The standard InChI is InChI=1S/C42H28N4/c1-28(45-37-18-9-7-16-33(37)34-17-8-10-19-38(34)45)36(27-44)39(20-11-25-43)46-40-23-22-31(29-12-3-2-4-13-29)26-35(40)42-32-15-6-5-14-30(32)21-24-41(42)46/h2-10,12-24,26H,11H2,1H3/b36-28+,39-20+. The number of aromatic nitrogens is 2. The molecule has 6 aromatic carbocycles. The Bertz CT molecular complexity index is 2580. The molecule has 0 radical (unpaired) electrons. The zero-order chi connectivity index (χ0) is 31.2. The van der Waals surface area contributed by atoms with Crippen LogP contribution in [0.5, 0.6) is 0 Å². The first kappa shape index (κ1) is 27.2. The van der Waals surface area contributed by atoms with Gasteiger partial charge in [0.05, 0.1) is 45.8 Å². The van der Waals surface area contributed by atoms with Crippen LogP contribution in [0.1, 0.15) is 13.3 Å². The molecule has 0 saturated carbocycles. The normalized spacial score (nSPS) is 12.5. The van der Waals surface area contributed by atoms with Crippen LogP contribution < -0.4 is 0 Å². The predicted molar refractivity (Wildman–Crippen MR) is 191 cm³/mol. The molecular weight excluding hydrogens is 560 g/mol. The first-order chi connectivity index (χ1) is 22.7. The van der Waals surface area contributed by atoms with Gasteiger partial charge in [-0.15, -0.1) is 0 Å². The van der Waals surface area contributed by atoms with Crippen molar-refractivity contribution in [3.63, 3.8) is 0 Å². The molecule has 0 bridgehead atoms. The molecule has 0 amide bonds. The van der Waals surface area contributed by atoms with Gasteiger partial charge < -0.3 is 9.13 Å². The molecule has 0 spiro atoms. The van der Waals surface area contributed by atoms with Crippen molar-refractivity contribution in [1.29, 1.82) is 10.5 Å². The lowest BCUT2D eigenvalue weighted by molar-refractivity contribution is 1.15. The van der Waals surface area contributed by atoms with Gasteiger partial charge in [0, 0.05) is 27.2 Å². The van der Waals surface area contributed by atoms with Crippen molar-refractivity contribution in [2.75, 3.05) is 0 Å². The molecule has 0 aliphatic carbocycles. The number of nitrogens with zero attached hydrogens (tertiary/aromatic N) is 4. The Hall–Kier alpha value is -6.36. The fourth-order valence-electron chi connectivity index (χ4n) is 7.03. The zero-order valence-corrected chi connectivity index (χ0v) is 25.3. The van der Waals surface area contributed by atoms with Gasteiger partial charge in [-0.2, -0.15) is 10.5 Å². The number of rotatable bonds is 5. The molecule has 0 saturated heterocycles. The summed E-state index contributed by atoms with van der Waals surface area (Å²) in [5.74, 6) is 0. The number of hydrogen-bond donors (Lipinski definition) is 0.